The number of aromatic nitrogens is 2. The summed E-state index contributed by atoms with van der Waals surface area (Å²) >= 11 is 6.51. The van der Waals surface area contributed by atoms with Crippen molar-refractivity contribution in [2.45, 2.75) is 65.0 Å². The molecule has 1 N–H and O–H groups in total. The van der Waals surface area contributed by atoms with Gasteiger partial charge in [0, 0.05) is 6.04 Å². The average Bonchev–Trinajstić information content (AvgIpc) is 3.06. The molecule has 0 aromatic carbocycles. The van der Waals surface area contributed by atoms with Crippen LogP contribution in [0, 0.1) is 17.8 Å². The van der Waals surface area contributed by atoms with Crippen molar-refractivity contribution >= 4 is 11.6 Å². The molecular weight excluding hydrogens is 282 g/mol. The van der Waals surface area contributed by atoms with E-state index in [0.29, 0.717) is 12.1 Å². The molecule has 2 fully saturated rings. The fourth-order valence-electron chi connectivity index (χ4n) is 4.31. The van der Waals surface area contributed by atoms with Gasteiger partial charge < -0.3 is 5.32 Å². The number of halogens is 1. The summed E-state index contributed by atoms with van der Waals surface area (Å²) in [4.78, 5) is 0. The molecule has 3 unspecified atom stereocenters. The largest absolute Gasteiger partial charge is 0.308 e. The summed E-state index contributed by atoms with van der Waals surface area (Å²) in [7, 11) is 0. The highest BCUT2D eigenvalue weighted by Gasteiger charge is 2.55. The van der Waals surface area contributed by atoms with Gasteiger partial charge in [-0.2, -0.15) is 5.10 Å². The highest BCUT2D eigenvalue weighted by molar-refractivity contribution is 6.31. The van der Waals surface area contributed by atoms with Gasteiger partial charge in [0.05, 0.1) is 23.0 Å². The molecule has 0 bridgehead atoms. The van der Waals surface area contributed by atoms with Gasteiger partial charge in [0.1, 0.15) is 0 Å². The Hall–Kier alpha value is -0.540. The predicted molar refractivity (Wildman–Crippen MR) is 87.6 cm³/mol. The molecule has 2 aliphatic carbocycles. The summed E-state index contributed by atoms with van der Waals surface area (Å²) in [5, 5.41) is 9.13. The van der Waals surface area contributed by atoms with Gasteiger partial charge in [-0.05, 0) is 57.4 Å². The Bertz CT molecular complexity index is 470. The smallest absolute Gasteiger partial charge is 0.0834 e. The van der Waals surface area contributed by atoms with Crippen molar-refractivity contribution in [2.75, 3.05) is 6.54 Å². The normalized spacial score (nSPS) is 29.5. The van der Waals surface area contributed by atoms with Crippen molar-refractivity contribution in [1.29, 1.82) is 0 Å². The van der Waals surface area contributed by atoms with Gasteiger partial charge in [-0.15, -0.1) is 0 Å². The zero-order chi connectivity index (χ0) is 15.0. The van der Waals surface area contributed by atoms with Gasteiger partial charge in [-0.25, -0.2) is 0 Å². The third-order valence-electron chi connectivity index (χ3n) is 5.29. The molecule has 1 aromatic heterocycles. The van der Waals surface area contributed by atoms with E-state index < -0.39 is 0 Å². The van der Waals surface area contributed by atoms with Crippen LogP contribution >= 0.6 is 11.6 Å². The van der Waals surface area contributed by atoms with E-state index in [-0.39, 0.29) is 0 Å². The second-order valence-electron chi connectivity index (χ2n) is 7.04. The summed E-state index contributed by atoms with van der Waals surface area (Å²) in [5.74, 6) is 2.60. The van der Waals surface area contributed by atoms with E-state index in [1.165, 1.54) is 31.4 Å². The van der Waals surface area contributed by atoms with Crippen LogP contribution in [0.15, 0.2) is 6.20 Å². The Morgan fingerprint density at radius 1 is 1.33 bits per heavy atom. The SMILES string of the molecule is CCCNC(c1c(Cl)cnn1C(C)C)C1C2CCCCC21. The maximum absolute atomic E-state index is 6.51. The van der Waals surface area contributed by atoms with Crippen LogP contribution in [-0.4, -0.2) is 16.3 Å². The number of rotatable bonds is 6. The summed E-state index contributed by atoms with van der Waals surface area (Å²) in [5.41, 5.74) is 1.22. The third kappa shape index (κ3) is 2.87. The van der Waals surface area contributed by atoms with Crippen LogP contribution < -0.4 is 5.32 Å². The topological polar surface area (TPSA) is 29.9 Å². The second kappa shape index (κ2) is 6.29. The van der Waals surface area contributed by atoms with Crippen molar-refractivity contribution in [3.05, 3.63) is 16.9 Å². The highest BCUT2D eigenvalue weighted by atomic mass is 35.5. The minimum absolute atomic E-state index is 0.360. The van der Waals surface area contributed by atoms with E-state index in [1.54, 1.807) is 0 Å². The van der Waals surface area contributed by atoms with Crippen LogP contribution in [0.4, 0.5) is 0 Å². The Balaban J connectivity index is 1.87. The van der Waals surface area contributed by atoms with Gasteiger partial charge in [-0.3, -0.25) is 4.68 Å². The summed E-state index contributed by atoms with van der Waals surface area (Å²) < 4.78 is 2.12. The van der Waals surface area contributed by atoms with E-state index >= 15 is 0 Å². The minimum atomic E-state index is 0.360. The molecule has 4 heteroatoms. The maximum Gasteiger partial charge on any atom is 0.0834 e. The molecule has 0 spiro atoms. The number of nitrogens with one attached hydrogen (secondary N) is 1. The predicted octanol–water partition coefficient (Wildman–Crippen LogP) is 4.59. The minimum Gasteiger partial charge on any atom is -0.308 e. The van der Waals surface area contributed by atoms with Crippen molar-refractivity contribution in [1.82, 2.24) is 15.1 Å². The fraction of sp³-hybridized carbons (Fsp3) is 0.824. The van der Waals surface area contributed by atoms with Gasteiger partial charge in [0.2, 0.25) is 0 Å². The lowest BCUT2D eigenvalue weighted by atomic mass is 10.0. The molecule has 118 valence electrons. The van der Waals surface area contributed by atoms with E-state index in [0.717, 1.165) is 35.7 Å². The van der Waals surface area contributed by atoms with Crippen molar-refractivity contribution in [3.63, 3.8) is 0 Å². The Morgan fingerprint density at radius 2 is 2.00 bits per heavy atom. The van der Waals surface area contributed by atoms with E-state index in [1.807, 2.05) is 6.20 Å². The van der Waals surface area contributed by atoms with Crippen molar-refractivity contribution < 1.29 is 0 Å². The van der Waals surface area contributed by atoms with Gasteiger partial charge in [-0.1, -0.05) is 31.4 Å². The molecule has 2 saturated carbocycles. The molecule has 21 heavy (non-hydrogen) atoms. The van der Waals surface area contributed by atoms with Gasteiger partial charge >= 0.3 is 0 Å². The van der Waals surface area contributed by atoms with Gasteiger partial charge in [0.25, 0.3) is 0 Å². The summed E-state index contributed by atoms with van der Waals surface area (Å²) in [6.07, 6.45) is 8.63. The highest BCUT2D eigenvalue weighted by Crippen LogP contribution is 2.60. The molecule has 0 aliphatic heterocycles. The zero-order valence-corrected chi connectivity index (χ0v) is 14.2. The summed E-state index contributed by atoms with van der Waals surface area (Å²) in [6.45, 7) is 7.65. The molecule has 0 saturated heterocycles. The Labute approximate surface area is 133 Å². The molecule has 3 rings (SSSR count). The summed E-state index contributed by atoms with van der Waals surface area (Å²) in [6, 6.07) is 0.745. The molecule has 0 radical (unpaired) electrons. The van der Waals surface area contributed by atoms with Crippen LogP contribution in [0.2, 0.25) is 5.02 Å². The molecular formula is C17H28ClN3. The van der Waals surface area contributed by atoms with Crippen molar-refractivity contribution in [2.24, 2.45) is 17.8 Å². The first-order chi connectivity index (χ1) is 10.1. The standard InChI is InChI=1S/C17H28ClN3/c1-4-9-19-16(15-12-7-5-6-8-13(12)15)17-14(18)10-20-21(17)11(2)3/h10-13,15-16,19H,4-9H2,1-3H3. The zero-order valence-electron chi connectivity index (χ0n) is 13.5. The molecule has 0 amide bonds. The van der Waals surface area contributed by atoms with Crippen LogP contribution in [-0.2, 0) is 0 Å². The van der Waals surface area contributed by atoms with E-state index in [9.17, 15) is 0 Å². The number of hydrogen-bond acceptors (Lipinski definition) is 2. The maximum atomic E-state index is 6.51. The van der Waals surface area contributed by atoms with Crippen LogP contribution in [0.5, 0.6) is 0 Å². The monoisotopic (exact) mass is 309 g/mol. The molecule has 1 heterocycles. The lowest BCUT2D eigenvalue weighted by molar-refractivity contribution is 0.394. The molecule has 1 aromatic rings. The average molecular weight is 310 g/mol. The first-order valence-corrected chi connectivity index (χ1v) is 8.99. The van der Waals surface area contributed by atoms with E-state index in [4.69, 9.17) is 11.6 Å². The van der Waals surface area contributed by atoms with Crippen LogP contribution in [0.3, 0.4) is 0 Å². The van der Waals surface area contributed by atoms with Crippen LogP contribution in [0.1, 0.15) is 70.7 Å². The van der Waals surface area contributed by atoms with Crippen LogP contribution in [0.25, 0.3) is 0 Å². The van der Waals surface area contributed by atoms with E-state index in [2.05, 4.69) is 35.9 Å². The van der Waals surface area contributed by atoms with Gasteiger partial charge in [0.15, 0.2) is 0 Å². The first-order valence-electron chi connectivity index (χ1n) is 8.61. The fourth-order valence-corrected chi connectivity index (χ4v) is 4.56. The van der Waals surface area contributed by atoms with Crippen molar-refractivity contribution in [3.8, 4) is 0 Å². The Kier molecular flexibility index (Phi) is 4.60. The molecule has 3 atom stereocenters. The number of hydrogen-bond donors (Lipinski definition) is 1. The number of fused-ring (bicyclic) bond motifs is 1. The number of nitrogens with zero attached hydrogens (tertiary/aromatic N) is 2. The quantitative estimate of drug-likeness (QED) is 0.832. The third-order valence-corrected chi connectivity index (χ3v) is 5.58. The second-order valence-corrected chi connectivity index (χ2v) is 7.44. The molecule has 2 aliphatic rings. The first kappa shape index (κ1) is 15.4. The Morgan fingerprint density at radius 3 is 2.57 bits per heavy atom. The lowest BCUT2D eigenvalue weighted by Gasteiger charge is -2.23. The molecule has 3 nitrogen and oxygen atoms in total. The lowest BCUT2D eigenvalue weighted by Crippen LogP contribution is -2.28.